The van der Waals surface area contributed by atoms with Crippen LogP contribution in [0.2, 0.25) is 5.02 Å². The number of aromatic nitrogens is 2. The van der Waals surface area contributed by atoms with E-state index in [1.807, 2.05) is 36.4 Å². The molecule has 10 heteroatoms. The molecule has 0 saturated carbocycles. The van der Waals surface area contributed by atoms with Gasteiger partial charge in [0.25, 0.3) is 0 Å². The summed E-state index contributed by atoms with van der Waals surface area (Å²) in [7, 11) is 1.62. The Morgan fingerprint density at radius 2 is 1.81 bits per heavy atom. The highest BCUT2D eigenvalue weighted by molar-refractivity contribution is 6.33. The Morgan fingerprint density at radius 3 is 2.58 bits per heavy atom. The molecular formula is C26H28ClF2N5O2. The lowest BCUT2D eigenvalue weighted by atomic mass is 10.0. The van der Waals surface area contributed by atoms with Crippen molar-refractivity contribution in [2.45, 2.75) is 31.6 Å². The van der Waals surface area contributed by atoms with E-state index in [1.54, 1.807) is 7.11 Å². The fourth-order valence-electron chi connectivity index (χ4n) is 4.51. The molecular weight excluding hydrogens is 488 g/mol. The molecule has 0 spiro atoms. The highest BCUT2D eigenvalue weighted by Gasteiger charge is 2.31. The van der Waals surface area contributed by atoms with Crippen molar-refractivity contribution in [2.75, 3.05) is 48.9 Å². The molecule has 0 bridgehead atoms. The van der Waals surface area contributed by atoms with Crippen molar-refractivity contribution < 1.29 is 18.3 Å². The molecule has 2 aromatic carbocycles. The second-order valence-electron chi connectivity index (χ2n) is 8.96. The van der Waals surface area contributed by atoms with E-state index in [0.717, 1.165) is 35.6 Å². The molecule has 1 saturated heterocycles. The topological polar surface area (TPSA) is 71.5 Å². The number of rotatable bonds is 6. The minimum atomic E-state index is -2.62. The van der Waals surface area contributed by atoms with Gasteiger partial charge in [-0.05, 0) is 48.2 Å². The molecule has 7 nitrogen and oxygen atoms in total. The summed E-state index contributed by atoms with van der Waals surface area (Å²) in [6, 6.07) is 11.6. The molecule has 3 aromatic rings. The maximum absolute atomic E-state index is 13.8. The van der Waals surface area contributed by atoms with Gasteiger partial charge in [0, 0.05) is 43.4 Å². The zero-order chi connectivity index (χ0) is 25.1. The van der Waals surface area contributed by atoms with E-state index in [2.05, 4.69) is 25.5 Å². The molecule has 36 heavy (non-hydrogen) atoms. The number of halogens is 3. The third kappa shape index (κ3) is 5.63. The third-order valence-electron chi connectivity index (χ3n) is 6.54. The Labute approximate surface area is 213 Å². The number of nitrogens with zero attached hydrogens (tertiary/aromatic N) is 3. The smallest absolute Gasteiger partial charge is 0.248 e. The molecule has 1 aliphatic heterocycles. The van der Waals surface area contributed by atoms with Crippen LogP contribution in [0.5, 0.6) is 5.75 Å². The van der Waals surface area contributed by atoms with Gasteiger partial charge in [-0.15, -0.1) is 0 Å². The van der Waals surface area contributed by atoms with Crippen LogP contribution in [0.25, 0.3) is 0 Å². The zero-order valence-electron chi connectivity index (χ0n) is 20.0. The molecule has 0 unspecified atom stereocenters. The Kier molecular flexibility index (Phi) is 7.11. The van der Waals surface area contributed by atoms with Gasteiger partial charge < -0.3 is 25.0 Å². The van der Waals surface area contributed by atoms with Gasteiger partial charge in [0.1, 0.15) is 10.8 Å². The lowest BCUT2D eigenvalue weighted by molar-refractivity contribution is -0.0130. The van der Waals surface area contributed by atoms with Gasteiger partial charge in [0.05, 0.1) is 32.2 Å². The molecule has 5 rings (SSSR count). The van der Waals surface area contributed by atoms with Crippen molar-refractivity contribution in [3.05, 3.63) is 58.7 Å². The second-order valence-corrected chi connectivity index (χ2v) is 9.37. The van der Waals surface area contributed by atoms with E-state index in [0.29, 0.717) is 54.3 Å². The van der Waals surface area contributed by atoms with Crippen molar-refractivity contribution in [3.8, 4) is 5.75 Å². The number of morpholine rings is 1. The van der Waals surface area contributed by atoms with E-state index < -0.39 is 5.92 Å². The van der Waals surface area contributed by atoms with Crippen molar-refractivity contribution in [3.63, 3.8) is 0 Å². The Hall–Kier alpha value is -3.17. The molecule has 190 valence electrons. The highest BCUT2D eigenvalue weighted by Crippen LogP contribution is 2.35. The zero-order valence-corrected chi connectivity index (χ0v) is 20.7. The van der Waals surface area contributed by atoms with E-state index in [4.69, 9.17) is 21.1 Å². The van der Waals surface area contributed by atoms with Crippen LogP contribution in [0.3, 0.4) is 0 Å². The predicted octanol–water partition coefficient (Wildman–Crippen LogP) is 5.98. The van der Waals surface area contributed by atoms with Crippen molar-refractivity contribution >= 4 is 40.4 Å². The third-order valence-corrected chi connectivity index (χ3v) is 6.82. The average molecular weight is 516 g/mol. The lowest BCUT2D eigenvalue weighted by Gasteiger charge is -2.29. The number of fused-ring (bicyclic) bond motifs is 1. The quantitative estimate of drug-likeness (QED) is 0.391. The Bertz CT molecular complexity index is 1240. The number of benzene rings is 2. The first-order valence-electron chi connectivity index (χ1n) is 12.0. The normalized spacial score (nSPS) is 17.2. The molecule has 1 aromatic heterocycles. The standard InChI is InChI=1S/C26H28ClF2N5O2/c1-35-23-15-20(34-10-12-36-13-11-34)4-5-22(23)32-24-21(27)16-30-25(33-24)31-19-3-2-17-6-8-26(28,29)9-7-18(17)14-19/h2-5,14-16H,6-13H2,1H3,(H2,30,31,32,33). The van der Waals surface area contributed by atoms with Gasteiger partial charge >= 0.3 is 0 Å². The van der Waals surface area contributed by atoms with Crippen LogP contribution >= 0.6 is 11.6 Å². The number of nitrogens with one attached hydrogen (secondary N) is 2. The Balaban J connectivity index is 1.33. The van der Waals surface area contributed by atoms with Crippen LogP contribution in [0.15, 0.2) is 42.6 Å². The van der Waals surface area contributed by atoms with E-state index in [1.165, 1.54) is 6.20 Å². The monoisotopic (exact) mass is 515 g/mol. The van der Waals surface area contributed by atoms with Crippen molar-refractivity contribution in [2.24, 2.45) is 0 Å². The molecule has 1 fully saturated rings. The minimum absolute atomic E-state index is 0.112. The SMILES string of the molecule is COc1cc(N2CCOCC2)ccc1Nc1nc(Nc2ccc3c(c2)CCC(F)(F)CC3)ncc1Cl. The lowest BCUT2D eigenvalue weighted by Crippen LogP contribution is -2.36. The van der Waals surface area contributed by atoms with Crippen LogP contribution in [0, 0.1) is 0 Å². The van der Waals surface area contributed by atoms with Crippen LogP contribution in [-0.4, -0.2) is 49.3 Å². The van der Waals surface area contributed by atoms with Gasteiger partial charge in [0.15, 0.2) is 5.82 Å². The number of ether oxygens (including phenoxy) is 2. The summed E-state index contributed by atoms with van der Waals surface area (Å²) in [6.07, 6.45) is 1.98. The first-order chi connectivity index (χ1) is 17.4. The summed E-state index contributed by atoms with van der Waals surface area (Å²) in [6.45, 7) is 3.05. The molecule has 2 N–H and O–H groups in total. The van der Waals surface area contributed by atoms with Gasteiger partial charge in [-0.25, -0.2) is 13.8 Å². The van der Waals surface area contributed by atoms with Crippen LogP contribution in [-0.2, 0) is 17.6 Å². The maximum atomic E-state index is 13.8. The highest BCUT2D eigenvalue weighted by atomic mass is 35.5. The summed E-state index contributed by atoms with van der Waals surface area (Å²) in [5.41, 5.74) is 4.39. The number of methoxy groups -OCH3 is 1. The van der Waals surface area contributed by atoms with Crippen LogP contribution in [0.4, 0.5) is 37.6 Å². The van der Waals surface area contributed by atoms with E-state index in [-0.39, 0.29) is 12.8 Å². The summed E-state index contributed by atoms with van der Waals surface area (Å²) in [4.78, 5) is 11.1. The first kappa shape index (κ1) is 24.5. The van der Waals surface area contributed by atoms with Crippen LogP contribution in [0.1, 0.15) is 24.0 Å². The number of aryl methyl sites for hydroxylation is 2. The molecule has 0 amide bonds. The minimum Gasteiger partial charge on any atom is -0.494 e. The van der Waals surface area contributed by atoms with Gasteiger partial charge in [0.2, 0.25) is 11.9 Å². The predicted molar refractivity (Wildman–Crippen MR) is 138 cm³/mol. The molecule has 2 aliphatic rings. The average Bonchev–Trinajstić information content (AvgIpc) is 3.04. The van der Waals surface area contributed by atoms with Gasteiger partial charge in [-0.2, -0.15) is 4.98 Å². The van der Waals surface area contributed by atoms with Gasteiger partial charge in [-0.3, -0.25) is 0 Å². The molecule has 0 atom stereocenters. The molecule has 2 heterocycles. The summed E-state index contributed by atoms with van der Waals surface area (Å²) < 4.78 is 38.7. The molecule has 1 aliphatic carbocycles. The Morgan fingerprint density at radius 1 is 1.03 bits per heavy atom. The number of alkyl halides is 2. The molecule has 0 radical (unpaired) electrons. The number of hydrogen-bond donors (Lipinski definition) is 2. The summed E-state index contributed by atoms with van der Waals surface area (Å²) >= 11 is 6.39. The van der Waals surface area contributed by atoms with Crippen molar-refractivity contribution in [1.82, 2.24) is 9.97 Å². The first-order valence-corrected chi connectivity index (χ1v) is 12.3. The maximum Gasteiger partial charge on any atom is 0.248 e. The summed E-state index contributed by atoms with van der Waals surface area (Å²) in [5, 5.41) is 6.76. The summed E-state index contributed by atoms with van der Waals surface area (Å²) in [5.74, 6) is -1.20. The fraction of sp³-hybridized carbons (Fsp3) is 0.385. The fourth-order valence-corrected chi connectivity index (χ4v) is 4.65. The van der Waals surface area contributed by atoms with Crippen LogP contribution < -0.4 is 20.3 Å². The van der Waals surface area contributed by atoms with Gasteiger partial charge in [-0.1, -0.05) is 17.7 Å². The van der Waals surface area contributed by atoms with Crippen molar-refractivity contribution in [1.29, 1.82) is 0 Å². The van der Waals surface area contributed by atoms with E-state index in [9.17, 15) is 8.78 Å². The second kappa shape index (κ2) is 10.4. The number of anilines is 5. The largest absolute Gasteiger partial charge is 0.494 e. The van der Waals surface area contributed by atoms with E-state index >= 15 is 0 Å². The number of hydrogen-bond acceptors (Lipinski definition) is 7.